The van der Waals surface area contributed by atoms with E-state index >= 15 is 0 Å². The van der Waals surface area contributed by atoms with Gasteiger partial charge in [-0.3, -0.25) is 4.79 Å². The molecule has 25 heavy (non-hydrogen) atoms. The quantitative estimate of drug-likeness (QED) is 0.678. The van der Waals surface area contributed by atoms with Crippen molar-refractivity contribution in [3.8, 4) is 16.5 Å². The summed E-state index contributed by atoms with van der Waals surface area (Å²) in [5.74, 6) is 1.27. The van der Waals surface area contributed by atoms with Crippen molar-refractivity contribution in [2.75, 3.05) is 26.0 Å². The van der Waals surface area contributed by atoms with Crippen molar-refractivity contribution >= 4 is 22.9 Å². The Labute approximate surface area is 150 Å². The molecule has 7 heteroatoms. The average Bonchev–Trinajstić information content (AvgIpc) is 3.26. The molecule has 2 heterocycles. The minimum atomic E-state index is -0.0623. The summed E-state index contributed by atoms with van der Waals surface area (Å²) >= 11 is 1.59. The third-order valence-electron chi connectivity index (χ3n) is 3.58. The van der Waals surface area contributed by atoms with E-state index in [0.717, 1.165) is 21.2 Å². The molecule has 0 aliphatic carbocycles. The van der Waals surface area contributed by atoms with Crippen LogP contribution in [0.4, 0.5) is 5.69 Å². The zero-order valence-electron chi connectivity index (χ0n) is 14.1. The number of rotatable bonds is 7. The number of ether oxygens (including phenoxy) is 1. The Morgan fingerprint density at radius 1 is 1.36 bits per heavy atom. The monoisotopic (exact) mass is 358 g/mol. The molecule has 6 nitrogen and oxygen atoms in total. The normalized spacial score (nSPS) is 11.9. The highest BCUT2D eigenvalue weighted by Crippen LogP contribution is 2.23. The van der Waals surface area contributed by atoms with Gasteiger partial charge in [0, 0.05) is 11.8 Å². The number of carbonyl (C=O) groups excluding carboxylic acids is 1. The lowest BCUT2D eigenvalue weighted by atomic mass is 10.3. The molecule has 0 saturated heterocycles. The molecule has 0 bridgehead atoms. The summed E-state index contributed by atoms with van der Waals surface area (Å²) in [5.41, 5.74) is 1.55. The summed E-state index contributed by atoms with van der Waals surface area (Å²) in [6, 6.07) is 11.2. The number of benzene rings is 1. The van der Waals surface area contributed by atoms with Crippen LogP contribution in [0.5, 0.6) is 5.75 Å². The lowest BCUT2D eigenvalue weighted by molar-refractivity contribution is -0.885. The number of oxazole rings is 1. The maximum atomic E-state index is 12.2. The average molecular weight is 358 g/mol. The number of anilines is 1. The molecule has 0 saturated carbocycles. The predicted molar refractivity (Wildman–Crippen MR) is 96.9 cm³/mol. The van der Waals surface area contributed by atoms with Crippen LogP contribution < -0.4 is 15.0 Å². The Morgan fingerprint density at radius 2 is 2.24 bits per heavy atom. The van der Waals surface area contributed by atoms with Crippen molar-refractivity contribution in [2.24, 2.45) is 0 Å². The third-order valence-corrected chi connectivity index (χ3v) is 4.44. The minimum Gasteiger partial charge on any atom is -0.497 e. The number of quaternary nitrogens is 1. The molecule has 0 spiro atoms. The van der Waals surface area contributed by atoms with Crippen molar-refractivity contribution in [1.82, 2.24) is 4.98 Å². The first kappa shape index (κ1) is 17.2. The maximum Gasteiger partial charge on any atom is 0.279 e. The second-order valence-corrected chi connectivity index (χ2v) is 6.66. The number of methoxy groups -OCH3 is 1. The molecule has 2 aromatic heterocycles. The van der Waals surface area contributed by atoms with Crippen molar-refractivity contribution in [1.29, 1.82) is 0 Å². The summed E-state index contributed by atoms with van der Waals surface area (Å²) in [4.78, 5) is 18.7. The van der Waals surface area contributed by atoms with Gasteiger partial charge in [-0.25, -0.2) is 4.98 Å². The Kier molecular flexibility index (Phi) is 5.47. The van der Waals surface area contributed by atoms with E-state index in [-0.39, 0.29) is 5.91 Å². The molecule has 130 valence electrons. The molecule has 2 N–H and O–H groups in total. The molecule has 3 aromatic rings. The lowest BCUT2D eigenvalue weighted by Gasteiger charge is -2.12. The Morgan fingerprint density at radius 3 is 3.00 bits per heavy atom. The molecule has 1 unspecified atom stereocenters. The second kappa shape index (κ2) is 7.96. The van der Waals surface area contributed by atoms with Gasteiger partial charge in [-0.2, -0.15) is 0 Å². The van der Waals surface area contributed by atoms with E-state index < -0.39 is 0 Å². The van der Waals surface area contributed by atoms with Crippen molar-refractivity contribution in [3.63, 3.8) is 0 Å². The van der Waals surface area contributed by atoms with Crippen LogP contribution in [0, 0.1) is 0 Å². The van der Waals surface area contributed by atoms with Crippen LogP contribution in [0.15, 0.2) is 52.5 Å². The number of thiophene rings is 1. The fraction of sp³-hybridized carbons (Fsp3) is 0.222. The zero-order chi connectivity index (χ0) is 17.6. The largest absolute Gasteiger partial charge is 0.497 e. The SMILES string of the molecule is COc1cccc(NC(=O)C[NH+](C)Cc2coc(-c3cccs3)n2)c1. The molecular formula is C18H20N3O3S+. The van der Waals surface area contributed by atoms with E-state index in [1.165, 1.54) is 0 Å². The van der Waals surface area contributed by atoms with Gasteiger partial charge in [-0.1, -0.05) is 12.1 Å². The van der Waals surface area contributed by atoms with Crippen LogP contribution in [0.3, 0.4) is 0 Å². The topological polar surface area (TPSA) is 68.8 Å². The van der Waals surface area contributed by atoms with Gasteiger partial charge in [0.05, 0.1) is 19.0 Å². The van der Waals surface area contributed by atoms with Gasteiger partial charge in [0.25, 0.3) is 5.91 Å². The summed E-state index contributed by atoms with van der Waals surface area (Å²) in [6.07, 6.45) is 1.65. The number of likely N-dealkylation sites (N-methyl/N-ethyl adjacent to an activating group) is 1. The first-order valence-corrected chi connectivity index (χ1v) is 8.75. The van der Waals surface area contributed by atoms with Gasteiger partial charge >= 0.3 is 0 Å². The van der Waals surface area contributed by atoms with Crippen molar-refractivity contribution in [3.05, 3.63) is 53.7 Å². The number of carbonyl (C=O) groups is 1. The van der Waals surface area contributed by atoms with E-state index in [2.05, 4.69) is 10.3 Å². The van der Waals surface area contributed by atoms with Crippen LogP contribution >= 0.6 is 11.3 Å². The van der Waals surface area contributed by atoms with E-state index in [1.807, 2.05) is 42.8 Å². The number of nitrogens with zero attached hydrogens (tertiary/aromatic N) is 1. The summed E-state index contributed by atoms with van der Waals surface area (Å²) in [6.45, 7) is 0.943. The van der Waals surface area contributed by atoms with Gasteiger partial charge in [0.15, 0.2) is 6.54 Å². The Balaban J connectivity index is 1.53. The molecule has 0 fully saturated rings. The lowest BCUT2D eigenvalue weighted by Crippen LogP contribution is -3.08. The number of nitrogens with one attached hydrogen (secondary N) is 2. The first-order chi connectivity index (χ1) is 12.1. The van der Waals surface area contributed by atoms with Gasteiger partial charge in [0.2, 0.25) is 5.89 Å². The van der Waals surface area contributed by atoms with Gasteiger partial charge in [-0.15, -0.1) is 11.3 Å². The van der Waals surface area contributed by atoms with Crippen molar-refractivity contribution < 1.29 is 18.8 Å². The van der Waals surface area contributed by atoms with Gasteiger partial charge < -0.3 is 19.4 Å². The van der Waals surface area contributed by atoms with Gasteiger partial charge in [0.1, 0.15) is 24.3 Å². The maximum absolute atomic E-state index is 12.2. The molecular weight excluding hydrogens is 338 g/mol. The van der Waals surface area contributed by atoms with E-state index in [0.29, 0.717) is 24.7 Å². The molecule has 0 aliphatic rings. The van der Waals surface area contributed by atoms with Crippen LogP contribution in [0.2, 0.25) is 0 Å². The fourth-order valence-corrected chi connectivity index (χ4v) is 3.11. The van der Waals surface area contributed by atoms with E-state index in [9.17, 15) is 4.79 Å². The highest BCUT2D eigenvalue weighted by Gasteiger charge is 2.14. The highest BCUT2D eigenvalue weighted by atomic mass is 32.1. The first-order valence-electron chi connectivity index (χ1n) is 7.87. The van der Waals surface area contributed by atoms with Crippen LogP contribution in [-0.4, -0.2) is 31.6 Å². The van der Waals surface area contributed by atoms with Crippen LogP contribution in [0.25, 0.3) is 10.8 Å². The van der Waals surface area contributed by atoms with E-state index in [1.54, 1.807) is 30.8 Å². The van der Waals surface area contributed by atoms with Crippen LogP contribution in [-0.2, 0) is 11.3 Å². The standard InChI is InChI=1S/C18H19N3O3S/c1-21(10-14-12-24-18(20-14)16-7-4-8-25-16)11-17(22)19-13-5-3-6-15(9-13)23-2/h3-9,12H,10-11H2,1-2H3,(H,19,22)/p+1. The number of hydrogen-bond acceptors (Lipinski definition) is 5. The molecule has 1 atom stereocenters. The zero-order valence-corrected chi connectivity index (χ0v) is 14.9. The summed E-state index contributed by atoms with van der Waals surface area (Å²) in [7, 11) is 3.55. The second-order valence-electron chi connectivity index (χ2n) is 5.71. The number of amides is 1. The third kappa shape index (κ3) is 4.68. The summed E-state index contributed by atoms with van der Waals surface area (Å²) in [5, 5.41) is 4.86. The van der Waals surface area contributed by atoms with Gasteiger partial charge in [-0.05, 0) is 23.6 Å². The predicted octanol–water partition coefficient (Wildman–Crippen LogP) is 2.07. The van der Waals surface area contributed by atoms with E-state index in [4.69, 9.17) is 9.15 Å². The molecule has 1 amide bonds. The smallest absolute Gasteiger partial charge is 0.279 e. The van der Waals surface area contributed by atoms with Crippen LogP contribution in [0.1, 0.15) is 5.69 Å². The highest BCUT2D eigenvalue weighted by molar-refractivity contribution is 7.13. The molecule has 3 rings (SSSR count). The minimum absolute atomic E-state index is 0.0623. The molecule has 1 aromatic carbocycles. The van der Waals surface area contributed by atoms with Crippen molar-refractivity contribution in [2.45, 2.75) is 6.54 Å². The Hall–Kier alpha value is -2.64. The number of hydrogen-bond donors (Lipinski definition) is 2. The molecule has 0 radical (unpaired) electrons. The number of aromatic nitrogens is 1. The molecule has 0 aliphatic heterocycles. The fourth-order valence-electron chi connectivity index (χ4n) is 2.45. The Bertz CT molecular complexity index is 830. The summed E-state index contributed by atoms with van der Waals surface area (Å²) < 4.78 is 10.7.